The molecule has 6 rings (SSSR count). The summed E-state index contributed by atoms with van der Waals surface area (Å²) in [5, 5.41) is 15.1. The molecule has 2 saturated heterocycles. The number of hydrogen-bond donors (Lipinski definition) is 1. The first-order valence-electron chi connectivity index (χ1n) is 15.6. The number of nitriles is 1. The summed E-state index contributed by atoms with van der Waals surface area (Å²) in [7, 11) is 0. The van der Waals surface area contributed by atoms with E-state index in [1.165, 1.54) is 23.5 Å². The van der Waals surface area contributed by atoms with Crippen molar-refractivity contribution >= 4 is 44.2 Å². The molecule has 3 aromatic heterocycles. The van der Waals surface area contributed by atoms with Crippen LogP contribution >= 0.6 is 11.3 Å². The van der Waals surface area contributed by atoms with Crippen LogP contribution in [0.1, 0.15) is 34.5 Å². The highest BCUT2D eigenvalue weighted by molar-refractivity contribution is 7.18. The van der Waals surface area contributed by atoms with Crippen molar-refractivity contribution in [3.8, 4) is 6.07 Å². The molecule has 2 aliphatic rings. The molecular weight excluding hydrogens is 613 g/mol. The van der Waals surface area contributed by atoms with Crippen molar-refractivity contribution in [2.75, 3.05) is 51.1 Å². The maximum Gasteiger partial charge on any atom is 0.393 e. The lowest BCUT2D eigenvalue weighted by molar-refractivity contribution is -0.128. The van der Waals surface area contributed by atoms with Crippen LogP contribution in [-0.4, -0.2) is 93.2 Å². The highest BCUT2D eigenvalue weighted by Crippen LogP contribution is 2.33. The number of nitrogens with one attached hydrogen (secondary N) is 1. The van der Waals surface area contributed by atoms with Crippen LogP contribution in [0.3, 0.4) is 0 Å². The number of hydrogen-bond acceptors (Lipinski definition) is 8. The standard InChI is InChI=1S/C33H37F3N8OS/c1-3-30(45)43-13-10-41(11-14-43)12-15-44-25(19-37)16-27-22(2)23(4-5-29(27)44)20-42-8-6-24(7-9-42)40-31-28-17-26(18-33(34,35)36)46-32(28)39-21-38-31/h3-5,16-17,21,24H,1,6-15,18,20H2,2H3,(H,38,39,40). The molecule has 0 radical (unpaired) electrons. The first kappa shape index (κ1) is 32.0. The van der Waals surface area contributed by atoms with Gasteiger partial charge in [-0.25, -0.2) is 9.97 Å². The Bertz CT molecular complexity index is 1780. The number of thiophene rings is 1. The third kappa shape index (κ3) is 7.04. The maximum absolute atomic E-state index is 12.9. The smallest absolute Gasteiger partial charge is 0.367 e. The van der Waals surface area contributed by atoms with Gasteiger partial charge in [-0.05, 0) is 55.2 Å². The number of piperidine rings is 1. The Morgan fingerprint density at radius 1 is 1.09 bits per heavy atom. The lowest BCUT2D eigenvalue weighted by atomic mass is 10.0. The molecule has 1 aromatic carbocycles. The predicted octanol–water partition coefficient (Wildman–Crippen LogP) is 5.34. The number of rotatable bonds is 9. The fraction of sp³-hybridized carbons (Fsp3) is 0.455. The van der Waals surface area contributed by atoms with Gasteiger partial charge in [0.15, 0.2) is 0 Å². The van der Waals surface area contributed by atoms with E-state index in [2.05, 4.69) is 61.4 Å². The molecule has 46 heavy (non-hydrogen) atoms. The summed E-state index contributed by atoms with van der Waals surface area (Å²) in [5.74, 6) is 0.568. The number of alkyl halides is 3. The lowest BCUT2D eigenvalue weighted by Gasteiger charge is -2.34. The highest BCUT2D eigenvalue weighted by atomic mass is 32.1. The van der Waals surface area contributed by atoms with Crippen LogP contribution < -0.4 is 5.32 Å². The van der Waals surface area contributed by atoms with Gasteiger partial charge in [0.1, 0.15) is 28.7 Å². The molecule has 1 amide bonds. The van der Waals surface area contributed by atoms with E-state index in [0.29, 0.717) is 41.4 Å². The minimum Gasteiger partial charge on any atom is -0.367 e. The second-order valence-corrected chi connectivity index (χ2v) is 13.2. The van der Waals surface area contributed by atoms with E-state index in [-0.39, 0.29) is 16.8 Å². The largest absolute Gasteiger partial charge is 0.393 e. The number of likely N-dealkylation sites (tertiary alicyclic amines) is 1. The monoisotopic (exact) mass is 650 g/mol. The molecule has 1 N–H and O–H groups in total. The molecule has 242 valence electrons. The number of benzene rings is 1. The van der Waals surface area contributed by atoms with Gasteiger partial charge < -0.3 is 14.8 Å². The van der Waals surface area contributed by atoms with Gasteiger partial charge in [-0.3, -0.25) is 14.6 Å². The predicted molar refractivity (Wildman–Crippen MR) is 174 cm³/mol. The van der Waals surface area contributed by atoms with Gasteiger partial charge in [-0.2, -0.15) is 18.4 Å². The Morgan fingerprint density at radius 2 is 1.85 bits per heavy atom. The summed E-state index contributed by atoms with van der Waals surface area (Å²) in [6, 6.07) is 10.4. The van der Waals surface area contributed by atoms with E-state index in [1.54, 1.807) is 6.07 Å². The normalized spacial score (nSPS) is 17.1. The summed E-state index contributed by atoms with van der Waals surface area (Å²) < 4.78 is 40.9. The van der Waals surface area contributed by atoms with E-state index in [1.807, 2.05) is 11.0 Å². The number of piperazine rings is 1. The van der Waals surface area contributed by atoms with Gasteiger partial charge >= 0.3 is 6.18 Å². The van der Waals surface area contributed by atoms with Crippen LogP contribution in [0, 0.1) is 18.3 Å². The average Bonchev–Trinajstić information content (AvgIpc) is 3.62. The molecule has 0 spiro atoms. The topological polar surface area (TPSA) is 93.3 Å². The molecule has 5 heterocycles. The zero-order valence-corrected chi connectivity index (χ0v) is 26.6. The number of aryl methyl sites for hydroxylation is 1. The summed E-state index contributed by atoms with van der Waals surface area (Å²) >= 11 is 1.06. The zero-order valence-electron chi connectivity index (χ0n) is 25.8. The van der Waals surface area contributed by atoms with Crippen LogP contribution in [0.25, 0.3) is 21.1 Å². The van der Waals surface area contributed by atoms with E-state index in [9.17, 15) is 23.2 Å². The Morgan fingerprint density at radius 3 is 2.54 bits per heavy atom. The molecule has 0 aliphatic carbocycles. The SMILES string of the molecule is C=CC(=O)N1CCN(CCn2c(C#N)cc3c(C)c(CN4CCC(Nc5ncnc6sc(CC(F)(F)F)cc56)CC4)ccc32)CC1. The molecule has 0 atom stereocenters. The number of carbonyl (C=O) groups is 1. The minimum absolute atomic E-state index is 0.0267. The Labute approximate surface area is 269 Å². The van der Waals surface area contributed by atoms with Crippen molar-refractivity contribution in [2.24, 2.45) is 0 Å². The second kappa shape index (κ2) is 13.4. The summed E-state index contributed by atoms with van der Waals surface area (Å²) in [6.07, 6.45) is -0.672. The van der Waals surface area contributed by atoms with Crippen molar-refractivity contribution in [3.05, 3.63) is 64.9 Å². The zero-order chi connectivity index (χ0) is 32.4. The number of fused-ring (bicyclic) bond motifs is 2. The van der Waals surface area contributed by atoms with Gasteiger partial charge in [-0.15, -0.1) is 11.3 Å². The van der Waals surface area contributed by atoms with Gasteiger partial charge in [0.25, 0.3) is 0 Å². The summed E-state index contributed by atoms with van der Waals surface area (Å²) in [4.78, 5) is 27.8. The maximum atomic E-state index is 12.9. The molecule has 0 saturated carbocycles. The van der Waals surface area contributed by atoms with Crippen molar-refractivity contribution in [1.29, 1.82) is 5.26 Å². The number of amides is 1. The van der Waals surface area contributed by atoms with Crippen LogP contribution in [-0.2, 0) is 24.3 Å². The molecule has 2 fully saturated rings. The van der Waals surface area contributed by atoms with E-state index in [0.717, 1.165) is 74.3 Å². The lowest BCUT2D eigenvalue weighted by Crippen LogP contribution is -2.48. The van der Waals surface area contributed by atoms with E-state index < -0.39 is 12.6 Å². The van der Waals surface area contributed by atoms with Crippen LogP contribution in [0.2, 0.25) is 0 Å². The van der Waals surface area contributed by atoms with Crippen LogP contribution in [0.5, 0.6) is 0 Å². The molecule has 2 aliphatic heterocycles. The minimum atomic E-state index is -4.26. The summed E-state index contributed by atoms with van der Waals surface area (Å²) in [5.41, 5.74) is 4.12. The van der Waals surface area contributed by atoms with Gasteiger partial charge in [-0.1, -0.05) is 12.6 Å². The van der Waals surface area contributed by atoms with Crippen molar-refractivity contribution < 1.29 is 18.0 Å². The first-order chi connectivity index (χ1) is 22.1. The molecule has 9 nitrogen and oxygen atoms in total. The third-order valence-corrected chi connectivity index (χ3v) is 10.2. The molecule has 13 heteroatoms. The first-order valence-corrected chi connectivity index (χ1v) is 16.4. The summed E-state index contributed by atoms with van der Waals surface area (Å²) in [6.45, 7) is 12.7. The van der Waals surface area contributed by atoms with Crippen LogP contribution in [0.4, 0.5) is 19.0 Å². The molecular formula is C33H37F3N8OS. The molecule has 0 unspecified atom stereocenters. The third-order valence-electron chi connectivity index (χ3n) is 9.16. The Hall–Kier alpha value is -3.99. The molecule has 0 bridgehead atoms. The van der Waals surface area contributed by atoms with Crippen molar-refractivity contribution in [1.82, 2.24) is 29.2 Å². The Balaban J connectivity index is 1.06. The Kier molecular flexibility index (Phi) is 9.31. The van der Waals surface area contributed by atoms with Crippen LogP contribution in [0.15, 0.2) is 43.2 Å². The number of nitrogens with zero attached hydrogens (tertiary/aromatic N) is 7. The average molecular weight is 651 g/mol. The molecule has 4 aromatic rings. The number of aromatic nitrogens is 3. The number of anilines is 1. The fourth-order valence-corrected chi connectivity index (χ4v) is 7.59. The quantitative estimate of drug-likeness (QED) is 0.245. The number of carbonyl (C=O) groups excluding carboxylic acids is 1. The van der Waals surface area contributed by atoms with Gasteiger partial charge in [0.05, 0.1) is 11.8 Å². The van der Waals surface area contributed by atoms with Crippen molar-refractivity contribution in [2.45, 2.75) is 51.5 Å². The van der Waals surface area contributed by atoms with Gasteiger partial charge in [0, 0.05) is 80.7 Å². The second-order valence-electron chi connectivity index (χ2n) is 12.1. The van der Waals surface area contributed by atoms with E-state index in [4.69, 9.17) is 0 Å². The highest BCUT2D eigenvalue weighted by Gasteiger charge is 2.29. The van der Waals surface area contributed by atoms with Gasteiger partial charge in [0.2, 0.25) is 5.91 Å². The fourth-order valence-electron chi connectivity index (χ4n) is 6.56. The van der Waals surface area contributed by atoms with E-state index >= 15 is 0 Å². The van der Waals surface area contributed by atoms with Crippen molar-refractivity contribution in [3.63, 3.8) is 0 Å². The number of halogens is 3.